The maximum atomic E-state index is 10.4. The van der Waals surface area contributed by atoms with E-state index < -0.39 is 0 Å². The molecule has 1 atom stereocenters. The second-order valence-corrected chi connectivity index (χ2v) is 2.49. The molecule has 1 aromatic rings. The number of hydrogen-bond acceptors (Lipinski definition) is 2. The van der Waals surface area contributed by atoms with Gasteiger partial charge in [-0.05, 0) is 12.0 Å². The molecule has 0 fully saturated rings. The fourth-order valence-electron chi connectivity index (χ4n) is 1.07. The van der Waals surface area contributed by atoms with Crippen LogP contribution in [0.2, 0.25) is 0 Å². The Morgan fingerprint density at radius 3 is 2.45 bits per heavy atom. The van der Waals surface area contributed by atoms with Crippen LogP contribution in [-0.2, 0) is 0 Å². The van der Waals surface area contributed by atoms with Crippen molar-refractivity contribution < 1.29 is 0 Å². The summed E-state index contributed by atoms with van der Waals surface area (Å²) in [7, 11) is 0. The van der Waals surface area contributed by atoms with Gasteiger partial charge in [0.15, 0.2) is 0 Å². The Morgan fingerprint density at radius 1 is 1.36 bits per heavy atom. The molecule has 11 heavy (non-hydrogen) atoms. The molecule has 0 aliphatic heterocycles. The normalized spacial score (nSPS) is 12.9. The average Bonchev–Trinajstić information content (AvgIpc) is 2.09. The summed E-state index contributed by atoms with van der Waals surface area (Å²) < 4.78 is 0. The topological polar surface area (TPSA) is 35.1 Å². The first-order chi connectivity index (χ1) is 5.38. The highest BCUT2D eigenvalue weighted by Gasteiger charge is 2.00. The van der Waals surface area contributed by atoms with Crippen LogP contribution in [0.15, 0.2) is 30.3 Å². The van der Waals surface area contributed by atoms with E-state index in [1.165, 1.54) is 0 Å². The molecular formula is C9H12NO-. The first-order valence-corrected chi connectivity index (χ1v) is 3.81. The fraction of sp³-hybridized carbons (Fsp3) is 0.333. The van der Waals surface area contributed by atoms with E-state index in [4.69, 9.17) is 0 Å². The van der Waals surface area contributed by atoms with Crippen molar-refractivity contribution in [1.82, 2.24) is 5.48 Å². The van der Waals surface area contributed by atoms with Gasteiger partial charge in [0.2, 0.25) is 0 Å². The first kappa shape index (κ1) is 8.24. The molecule has 0 spiro atoms. The molecule has 1 N–H and O–H groups in total. The third-order valence-corrected chi connectivity index (χ3v) is 1.75. The van der Waals surface area contributed by atoms with E-state index in [0.717, 1.165) is 12.0 Å². The second kappa shape index (κ2) is 4.11. The molecule has 0 bridgehead atoms. The summed E-state index contributed by atoms with van der Waals surface area (Å²) in [6.07, 6.45) is 0.827. The molecule has 0 saturated heterocycles. The van der Waals surface area contributed by atoms with Gasteiger partial charge in [-0.25, -0.2) is 0 Å². The van der Waals surface area contributed by atoms with Crippen LogP contribution in [0.1, 0.15) is 24.9 Å². The monoisotopic (exact) mass is 150 g/mol. The molecule has 0 radical (unpaired) electrons. The number of rotatable bonds is 3. The molecule has 60 valence electrons. The van der Waals surface area contributed by atoms with Crippen molar-refractivity contribution in [1.29, 1.82) is 0 Å². The average molecular weight is 150 g/mol. The van der Waals surface area contributed by atoms with Crippen LogP contribution in [0, 0.1) is 5.21 Å². The third kappa shape index (κ3) is 2.03. The van der Waals surface area contributed by atoms with Crippen molar-refractivity contribution in [2.45, 2.75) is 19.4 Å². The van der Waals surface area contributed by atoms with Crippen molar-refractivity contribution in [2.75, 3.05) is 0 Å². The zero-order chi connectivity index (χ0) is 8.10. The minimum Gasteiger partial charge on any atom is -0.787 e. The molecule has 0 heterocycles. The summed E-state index contributed by atoms with van der Waals surface area (Å²) in [6.45, 7) is 1.99. The molecule has 2 nitrogen and oxygen atoms in total. The summed E-state index contributed by atoms with van der Waals surface area (Å²) in [5.74, 6) is 0. The SMILES string of the molecule is CCC(N[O-])c1ccccc1. The minimum absolute atomic E-state index is 0.0452. The summed E-state index contributed by atoms with van der Waals surface area (Å²) in [6, 6.07) is 9.69. The van der Waals surface area contributed by atoms with E-state index in [-0.39, 0.29) is 6.04 Å². The van der Waals surface area contributed by atoms with Gasteiger partial charge in [-0.2, -0.15) is 0 Å². The van der Waals surface area contributed by atoms with Gasteiger partial charge in [-0.15, -0.1) is 0 Å². The summed E-state index contributed by atoms with van der Waals surface area (Å²) in [5.41, 5.74) is 3.08. The van der Waals surface area contributed by atoms with E-state index in [1.807, 2.05) is 42.7 Å². The van der Waals surface area contributed by atoms with Crippen molar-refractivity contribution in [3.05, 3.63) is 41.1 Å². The van der Waals surface area contributed by atoms with Gasteiger partial charge in [0.05, 0.1) is 0 Å². The Kier molecular flexibility index (Phi) is 3.08. The lowest BCUT2D eigenvalue weighted by atomic mass is 10.1. The number of hydrogen-bond donors (Lipinski definition) is 1. The first-order valence-electron chi connectivity index (χ1n) is 3.81. The maximum absolute atomic E-state index is 10.4. The van der Waals surface area contributed by atoms with Crippen LogP contribution in [0.25, 0.3) is 0 Å². The molecule has 0 saturated carbocycles. The van der Waals surface area contributed by atoms with Gasteiger partial charge in [0.1, 0.15) is 0 Å². The maximum Gasteiger partial charge on any atom is 0.0203 e. The number of nitrogens with one attached hydrogen (secondary N) is 1. The Morgan fingerprint density at radius 2 is 2.00 bits per heavy atom. The highest BCUT2D eigenvalue weighted by Crippen LogP contribution is 2.14. The van der Waals surface area contributed by atoms with Gasteiger partial charge < -0.3 is 10.7 Å². The highest BCUT2D eigenvalue weighted by molar-refractivity contribution is 5.18. The predicted octanol–water partition coefficient (Wildman–Crippen LogP) is 2.23. The summed E-state index contributed by atoms with van der Waals surface area (Å²) in [5, 5.41) is 10.4. The Bertz CT molecular complexity index is 194. The minimum atomic E-state index is -0.0452. The van der Waals surface area contributed by atoms with Gasteiger partial charge in [0, 0.05) is 6.04 Å². The standard InChI is InChI=1S/C9H12NO/c1-2-9(10-11)8-6-4-3-5-7-8/h3-7,9-10H,2H2,1H3/q-1. The Hall–Kier alpha value is -0.860. The van der Waals surface area contributed by atoms with E-state index in [0.29, 0.717) is 0 Å². The molecule has 0 aliphatic carbocycles. The molecule has 1 rings (SSSR count). The molecule has 0 aliphatic rings. The van der Waals surface area contributed by atoms with Gasteiger partial charge in [-0.3, -0.25) is 0 Å². The largest absolute Gasteiger partial charge is 0.787 e. The van der Waals surface area contributed by atoms with Crippen molar-refractivity contribution in [2.24, 2.45) is 0 Å². The zero-order valence-corrected chi connectivity index (χ0v) is 6.58. The fourth-order valence-corrected chi connectivity index (χ4v) is 1.07. The number of hydroxylamine groups is 1. The Labute approximate surface area is 66.8 Å². The Balaban J connectivity index is 2.74. The lowest BCUT2D eigenvalue weighted by Crippen LogP contribution is -2.12. The third-order valence-electron chi connectivity index (χ3n) is 1.75. The van der Waals surface area contributed by atoms with E-state index >= 15 is 0 Å². The quantitative estimate of drug-likeness (QED) is 0.670. The smallest absolute Gasteiger partial charge is 0.0203 e. The van der Waals surface area contributed by atoms with Crippen LogP contribution in [0.5, 0.6) is 0 Å². The predicted molar refractivity (Wildman–Crippen MR) is 46.0 cm³/mol. The summed E-state index contributed by atoms with van der Waals surface area (Å²) >= 11 is 0. The van der Waals surface area contributed by atoms with Crippen molar-refractivity contribution in [3.63, 3.8) is 0 Å². The lowest BCUT2D eigenvalue weighted by Gasteiger charge is -2.20. The highest BCUT2D eigenvalue weighted by atomic mass is 16.5. The molecule has 0 aromatic heterocycles. The van der Waals surface area contributed by atoms with E-state index in [1.54, 1.807) is 0 Å². The molecule has 1 aromatic carbocycles. The van der Waals surface area contributed by atoms with Crippen LogP contribution in [-0.4, -0.2) is 0 Å². The van der Waals surface area contributed by atoms with Crippen molar-refractivity contribution >= 4 is 0 Å². The van der Waals surface area contributed by atoms with Crippen LogP contribution in [0.3, 0.4) is 0 Å². The summed E-state index contributed by atoms with van der Waals surface area (Å²) in [4.78, 5) is 0. The lowest BCUT2D eigenvalue weighted by molar-refractivity contribution is 0.604. The van der Waals surface area contributed by atoms with Crippen LogP contribution >= 0.6 is 0 Å². The zero-order valence-electron chi connectivity index (χ0n) is 6.58. The van der Waals surface area contributed by atoms with Gasteiger partial charge in [-0.1, -0.05) is 37.3 Å². The molecular weight excluding hydrogens is 138 g/mol. The van der Waals surface area contributed by atoms with Gasteiger partial charge in [0.25, 0.3) is 0 Å². The molecule has 0 amide bonds. The van der Waals surface area contributed by atoms with Gasteiger partial charge >= 0.3 is 0 Å². The molecule has 2 heteroatoms. The van der Waals surface area contributed by atoms with Crippen LogP contribution in [0.4, 0.5) is 0 Å². The molecule has 1 unspecified atom stereocenters. The number of benzene rings is 1. The van der Waals surface area contributed by atoms with Crippen LogP contribution < -0.4 is 5.48 Å². The van der Waals surface area contributed by atoms with Crippen molar-refractivity contribution in [3.8, 4) is 0 Å². The second-order valence-electron chi connectivity index (χ2n) is 2.49. The van der Waals surface area contributed by atoms with E-state index in [9.17, 15) is 5.21 Å². The van der Waals surface area contributed by atoms with E-state index in [2.05, 4.69) is 0 Å².